The van der Waals surface area contributed by atoms with Crippen LogP contribution in [-0.4, -0.2) is 38.0 Å². The average molecular weight is 448 g/mol. The summed E-state index contributed by atoms with van der Waals surface area (Å²) in [5.41, 5.74) is 1.79. The molecule has 1 atom stereocenters. The lowest BCUT2D eigenvalue weighted by molar-refractivity contribution is 0.191. The molecule has 2 rings (SSSR count). The Hall–Kier alpha value is -1.21. The number of hydrogen-bond donors (Lipinski definition) is 3. The molecule has 28 heavy (non-hydrogen) atoms. The SMILES string of the molecule is COc1cc(CNCCNC[C@H](C)O)cc(Cl)c1OCc1ccc(Cl)cc1Cl. The molecule has 154 valence electrons. The lowest BCUT2D eigenvalue weighted by Crippen LogP contribution is -2.31. The molecule has 2 aromatic rings. The molecule has 0 saturated carbocycles. The molecule has 5 nitrogen and oxygen atoms in total. The Labute approximate surface area is 180 Å². The summed E-state index contributed by atoms with van der Waals surface area (Å²) in [5.74, 6) is 1.03. The van der Waals surface area contributed by atoms with Gasteiger partial charge in [-0.05, 0) is 36.8 Å². The van der Waals surface area contributed by atoms with Crippen LogP contribution in [0.2, 0.25) is 15.1 Å². The molecule has 0 fully saturated rings. The van der Waals surface area contributed by atoms with Crippen molar-refractivity contribution < 1.29 is 14.6 Å². The number of hydrogen-bond acceptors (Lipinski definition) is 5. The van der Waals surface area contributed by atoms with E-state index in [0.29, 0.717) is 39.7 Å². The topological polar surface area (TPSA) is 62.8 Å². The lowest BCUT2D eigenvalue weighted by atomic mass is 10.2. The van der Waals surface area contributed by atoms with Crippen LogP contribution in [-0.2, 0) is 13.2 Å². The highest BCUT2D eigenvalue weighted by Gasteiger charge is 2.13. The van der Waals surface area contributed by atoms with E-state index in [0.717, 1.165) is 24.2 Å². The Bertz CT molecular complexity index is 773. The van der Waals surface area contributed by atoms with Crippen molar-refractivity contribution in [3.63, 3.8) is 0 Å². The molecule has 0 aromatic heterocycles. The van der Waals surface area contributed by atoms with Crippen LogP contribution in [0.15, 0.2) is 30.3 Å². The number of nitrogens with one attached hydrogen (secondary N) is 2. The van der Waals surface area contributed by atoms with Crippen molar-refractivity contribution in [3.8, 4) is 11.5 Å². The molecule has 2 aromatic carbocycles. The van der Waals surface area contributed by atoms with Crippen LogP contribution < -0.4 is 20.1 Å². The van der Waals surface area contributed by atoms with Gasteiger partial charge in [-0.15, -0.1) is 0 Å². The number of ether oxygens (including phenoxy) is 2. The summed E-state index contributed by atoms with van der Waals surface area (Å²) in [6, 6.07) is 8.98. The maximum absolute atomic E-state index is 9.21. The molecule has 0 radical (unpaired) electrons. The molecular weight excluding hydrogens is 423 g/mol. The zero-order valence-electron chi connectivity index (χ0n) is 15.9. The third-order valence-corrected chi connectivity index (χ3v) is 4.79. The summed E-state index contributed by atoms with van der Waals surface area (Å²) < 4.78 is 11.3. The highest BCUT2D eigenvalue weighted by molar-refractivity contribution is 6.35. The van der Waals surface area contributed by atoms with Crippen molar-refractivity contribution in [1.29, 1.82) is 0 Å². The minimum Gasteiger partial charge on any atom is -0.493 e. The molecule has 3 N–H and O–H groups in total. The third kappa shape index (κ3) is 7.32. The van der Waals surface area contributed by atoms with Crippen molar-refractivity contribution in [3.05, 3.63) is 56.5 Å². The predicted molar refractivity (Wildman–Crippen MR) is 115 cm³/mol. The summed E-state index contributed by atoms with van der Waals surface area (Å²) in [4.78, 5) is 0. The Balaban J connectivity index is 1.94. The fourth-order valence-electron chi connectivity index (χ4n) is 2.52. The summed E-state index contributed by atoms with van der Waals surface area (Å²) in [6.45, 7) is 4.73. The van der Waals surface area contributed by atoms with Crippen LogP contribution in [0.1, 0.15) is 18.1 Å². The number of aliphatic hydroxyl groups excluding tert-OH is 1. The predicted octanol–water partition coefficient (Wildman–Crippen LogP) is 4.29. The summed E-state index contributed by atoms with van der Waals surface area (Å²) in [6.07, 6.45) is -0.349. The number of rotatable bonds is 11. The van der Waals surface area contributed by atoms with E-state index in [1.54, 1.807) is 26.2 Å². The van der Waals surface area contributed by atoms with E-state index in [2.05, 4.69) is 10.6 Å². The highest BCUT2D eigenvalue weighted by atomic mass is 35.5. The number of methoxy groups -OCH3 is 1. The van der Waals surface area contributed by atoms with E-state index in [-0.39, 0.29) is 12.7 Å². The molecule has 0 unspecified atom stereocenters. The normalized spacial score (nSPS) is 12.1. The molecule has 0 aliphatic carbocycles. The van der Waals surface area contributed by atoms with Crippen LogP contribution in [0.5, 0.6) is 11.5 Å². The monoisotopic (exact) mass is 446 g/mol. The second-order valence-corrected chi connectivity index (χ2v) is 7.61. The molecule has 0 aliphatic rings. The average Bonchev–Trinajstić information content (AvgIpc) is 2.64. The van der Waals surface area contributed by atoms with Crippen LogP contribution in [0, 0.1) is 0 Å². The van der Waals surface area contributed by atoms with Gasteiger partial charge >= 0.3 is 0 Å². The first kappa shape index (κ1) is 23.1. The minimum atomic E-state index is -0.349. The molecule has 0 spiro atoms. The van der Waals surface area contributed by atoms with Gasteiger partial charge in [-0.3, -0.25) is 0 Å². The van der Waals surface area contributed by atoms with E-state index < -0.39 is 0 Å². The fourth-order valence-corrected chi connectivity index (χ4v) is 3.28. The minimum absolute atomic E-state index is 0.249. The molecule has 0 saturated heterocycles. The van der Waals surface area contributed by atoms with Crippen molar-refractivity contribution >= 4 is 34.8 Å². The summed E-state index contributed by atoms with van der Waals surface area (Å²) in [5, 5.41) is 17.2. The van der Waals surface area contributed by atoms with Gasteiger partial charge in [-0.2, -0.15) is 0 Å². The van der Waals surface area contributed by atoms with E-state index in [1.807, 2.05) is 18.2 Å². The third-order valence-electron chi connectivity index (χ3n) is 3.92. The van der Waals surface area contributed by atoms with Gasteiger partial charge in [0, 0.05) is 41.8 Å². The molecule has 0 heterocycles. The van der Waals surface area contributed by atoms with Gasteiger partial charge in [0.05, 0.1) is 18.2 Å². The van der Waals surface area contributed by atoms with Gasteiger partial charge in [-0.1, -0.05) is 40.9 Å². The van der Waals surface area contributed by atoms with Gasteiger partial charge in [-0.25, -0.2) is 0 Å². The Morgan fingerprint density at radius 3 is 2.46 bits per heavy atom. The maximum atomic E-state index is 9.21. The Kier molecular flexibility index (Phi) is 9.65. The van der Waals surface area contributed by atoms with Gasteiger partial charge in [0.2, 0.25) is 0 Å². The van der Waals surface area contributed by atoms with Crippen LogP contribution in [0.25, 0.3) is 0 Å². The standard InChI is InChI=1S/C20H25Cl3N2O3/c1-13(26)10-24-5-6-25-11-14-7-18(23)20(19(8-14)27-2)28-12-15-3-4-16(21)9-17(15)22/h3-4,7-9,13,24-26H,5-6,10-12H2,1-2H3/t13-/m0/s1. The van der Waals surface area contributed by atoms with Crippen molar-refractivity contribution in [1.82, 2.24) is 10.6 Å². The van der Waals surface area contributed by atoms with Crippen LogP contribution in [0.4, 0.5) is 0 Å². The maximum Gasteiger partial charge on any atom is 0.180 e. The highest BCUT2D eigenvalue weighted by Crippen LogP contribution is 2.37. The first-order valence-corrected chi connectivity index (χ1v) is 10.1. The van der Waals surface area contributed by atoms with E-state index in [9.17, 15) is 5.11 Å². The first-order chi connectivity index (χ1) is 13.4. The van der Waals surface area contributed by atoms with E-state index in [4.69, 9.17) is 44.3 Å². The zero-order valence-corrected chi connectivity index (χ0v) is 18.2. The molecule has 0 aliphatic heterocycles. The van der Waals surface area contributed by atoms with Gasteiger partial charge in [0.15, 0.2) is 11.5 Å². The number of aliphatic hydroxyl groups is 1. The quantitative estimate of drug-likeness (QED) is 0.448. The largest absolute Gasteiger partial charge is 0.493 e. The lowest BCUT2D eigenvalue weighted by Gasteiger charge is -2.15. The van der Waals surface area contributed by atoms with Gasteiger partial charge in [0.1, 0.15) is 6.61 Å². The molecule has 0 bridgehead atoms. The Morgan fingerprint density at radius 2 is 1.79 bits per heavy atom. The second-order valence-electron chi connectivity index (χ2n) is 6.36. The van der Waals surface area contributed by atoms with Crippen molar-refractivity contribution in [2.24, 2.45) is 0 Å². The van der Waals surface area contributed by atoms with E-state index in [1.165, 1.54) is 0 Å². The van der Waals surface area contributed by atoms with E-state index >= 15 is 0 Å². The zero-order chi connectivity index (χ0) is 20.5. The van der Waals surface area contributed by atoms with Crippen LogP contribution in [0.3, 0.4) is 0 Å². The second kappa shape index (κ2) is 11.7. The van der Waals surface area contributed by atoms with Crippen LogP contribution >= 0.6 is 34.8 Å². The molecule has 8 heteroatoms. The van der Waals surface area contributed by atoms with Crippen molar-refractivity contribution in [2.75, 3.05) is 26.7 Å². The first-order valence-electron chi connectivity index (χ1n) is 8.93. The summed E-state index contributed by atoms with van der Waals surface area (Å²) in [7, 11) is 1.57. The van der Waals surface area contributed by atoms with Crippen molar-refractivity contribution in [2.45, 2.75) is 26.2 Å². The molecule has 0 amide bonds. The Morgan fingerprint density at radius 1 is 1.04 bits per heavy atom. The smallest absolute Gasteiger partial charge is 0.180 e. The molecular formula is C20H25Cl3N2O3. The number of benzene rings is 2. The summed E-state index contributed by atoms with van der Waals surface area (Å²) >= 11 is 18.5. The fraction of sp³-hybridized carbons (Fsp3) is 0.400. The number of halogens is 3. The van der Waals surface area contributed by atoms with Gasteiger partial charge < -0.3 is 25.2 Å². The van der Waals surface area contributed by atoms with Gasteiger partial charge in [0.25, 0.3) is 0 Å².